The summed E-state index contributed by atoms with van der Waals surface area (Å²) >= 11 is 5.95. The SMILES string of the molecule is Fc1c(Cl)ncc2c(N3CCC[C@]4(CCO4)C3)nc(OC[C@@]34CCCN3C[C@H](F)C4)nc12. The molecule has 0 amide bonds. The summed E-state index contributed by atoms with van der Waals surface area (Å²) < 4.78 is 41.0. The van der Waals surface area contributed by atoms with Gasteiger partial charge in [0.2, 0.25) is 0 Å². The summed E-state index contributed by atoms with van der Waals surface area (Å²) in [6.45, 7) is 3.84. The van der Waals surface area contributed by atoms with Crippen molar-refractivity contribution in [3.63, 3.8) is 0 Å². The lowest BCUT2D eigenvalue weighted by atomic mass is 9.86. The van der Waals surface area contributed by atoms with Crippen LogP contribution in [0.5, 0.6) is 6.01 Å². The molecule has 10 heteroatoms. The van der Waals surface area contributed by atoms with Crippen LogP contribution in [0, 0.1) is 5.82 Å². The van der Waals surface area contributed by atoms with Crippen LogP contribution in [0.25, 0.3) is 10.9 Å². The van der Waals surface area contributed by atoms with Crippen molar-refractivity contribution >= 4 is 28.3 Å². The van der Waals surface area contributed by atoms with Gasteiger partial charge >= 0.3 is 6.01 Å². The lowest BCUT2D eigenvalue weighted by Crippen LogP contribution is -2.56. The van der Waals surface area contributed by atoms with Crippen LogP contribution in [0.2, 0.25) is 5.15 Å². The summed E-state index contributed by atoms with van der Waals surface area (Å²) in [7, 11) is 0. The van der Waals surface area contributed by atoms with E-state index in [0.29, 0.717) is 30.7 Å². The predicted octanol–water partition coefficient (Wildman–Crippen LogP) is 3.53. The lowest BCUT2D eigenvalue weighted by Gasteiger charge is -2.48. The van der Waals surface area contributed by atoms with E-state index in [1.54, 1.807) is 0 Å². The number of alkyl halides is 1. The molecule has 32 heavy (non-hydrogen) atoms. The first-order chi connectivity index (χ1) is 15.5. The van der Waals surface area contributed by atoms with Gasteiger partial charge in [-0.3, -0.25) is 4.90 Å². The van der Waals surface area contributed by atoms with E-state index in [1.165, 1.54) is 6.20 Å². The van der Waals surface area contributed by atoms with Crippen LogP contribution in [0.1, 0.15) is 38.5 Å². The first-order valence-corrected chi connectivity index (χ1v) is 11.8. The Labute approximate surface area is 190 Å². The first kappa shape index (κ1) is 20.7. The van der Waals surface area contributed by atoms with Gasteiger partial charge in [-0.1, -0.05) is 11.6 Å². The zero-order valence-corrected chi connectivity index (χ0v) is 18.6. The van der Waals surface area contributed by atoms with Gasteiger partial charge in [0, 0.05) is 38.7 Å². The zero-order chi connectivity index (χ0) is 21.9. The molecule has 6 heterocycles. The third-order valence-electron chi connectivity index (χ3n) is 7.64. The van der Waals surface area contributed by atoms with Gasteiger partial charge in [0.15, 0.2) is 11.0 Å². The fraction of sp³-hybridized carbons (Fsp3) is 0.682. The normalized spacial score (nSPS) is 32.5. The third kappa shape index (κ3) is 3.31. The van der Waals surface area contributed by atoms with Gasteiger partial charge in [0.1, 0.15) is 24.1 Å². The highest BCUT2D eigenvalue weighted by Crippen LogP contribution is 2.41. The highest BCUT2D eigenvalue weighted by Gasteiger charge is 2.49. The van der Waals surface area contributed by atoms with Crippen molar-refractivity contribution in [3.8, 4) is 6.01 Å². The van der Waals surface area contributed by atoms with E-state index in [9.17, 15) is 8.78 Å². The highest BCUT2D eigenvalue weighted by molar-refractivity contribution is 6.30. The van der Waals surface area contributed by atoms with Crippen LogP contribution in [-0.2, 0) is 4.74 Å². The molecule has 4 fully saturated rings. The Morgan fingerprint density at radius 3 is 2.88 bits per heavy atom. The molecule has 3 atom stereocenters. The number of halogens is 3. The molecule has 2 aromatic rings. The molecular formula is C22H26ClF2N5O2. The van der Waals surface area contributed by atoms with Crippen molar-refractivity contribution in [3.05, 3.63) is 17.2 Å². The Bertz CT molecular complexity index is 1050. The number of aromatic nitrogens is 3. The molecule has 0 bridgehead atoms. The van der Waals surface area contributed by atoms with Gasteiger partial charge < -0.3 is 14.4 Å². The average molecular weight is 466 g/mol. The maximum atomic E-state index is 14.9. The van der Waals surface area contributed by atoms with Crippen LogP contribution >= 0.6 is 11.6 Å². The number of anilines is 1. The molecule has 0 aliphatic carbocycles. The van der Waals surface area contributed by atoms with Gasteiger partial charge in [-0.15, -0.1) is 0 Å². The molecule has 2 aromatic heterocycles. The van der Waals surface area contributed by atoms with Crippen molar-refractivity contribution < 1.29 is 18.3 Å². The number of hydrogen-bond acceptors (Lipinski definition) is 7. The van der Waals surface area contributed by atoms with Crippen LogP contribution in [0.15, 0.2) is 6.20 Å². The molecule has 0 saturated carbocycles. The Morgan fingerprint density at radius 1 is 1.22 bits per heavy atom. The lowest BCUT2D eigenvalue weighted by molar-refractivity contribution is -0.151. The van der Waals surface area contributed by atoms with Crippen molar-refractivity contribution in [1.29, 1.82) is 0 Å². The fourth-order valence-electron chi connectivity index (χ4n) is 5.94. The van der Waals surface area contributed by atoms with Crippen molar-refractivity contribution in [2.45, 2.75) is 55.8 Å². The Hall–Kier alpha value is -1.84. The molecule has 0 radical (unpaired) electrons. The summed E-state index contributed by atoms with van der Waals surface area (Å²) in [6.07, 6.45) is 6.00. The van der Waals surface area contributed by atoms with E-state index >= 15 is 0 Å². The first-order valence-electron chi connectivity index (χ1n) is 11.4. The number of piperidine rings is 1. The van der Waals surface area contributed by atoms with E-state index in [2.05, 4.69) is 24.8 Å². The molecule has 172 valence electrons. The van der Waals surface area contributed by atoms with Crippen LogP contribution in [0.3, 0.4) is 0 Å². The molecule has 1 spiro atoms. The van der Waals surface area contributed by atoms with E-state index in [0.717, 1.165) is 51.8 Å². The summed E-state index contributed by atoms with van der Waals surface area (Å²) in [4.78, 5) is 17.3. The molecule has 6 rings (SSSR count). The molecular weight excluding hydrogens is 440 g/mol. The van der Waals surface area contributed by atoms with E-state index in [4.69, 9.17) is 21.1 Å². The summed E-state index contributed by atoms with van der Waals surface area (Å²) in [5.74, 6) is -0.104. The topological polar surface area (TPSA) is 63.6 Å². The Balaban J connectivity index is 1.35. The van der Waals surface area contributed by atoms with E-state index in [1.807, 2.05) is 0 Å². The number of fused-ring (bicyclic) bond motifs is 2. The minimum Gasteiger partial charge on any atom is -0.461 e. The van der Waals surface area contributed by atoms with E-state index < -0.39 is 12.0 Å². The largest absolute Gasteiger partial charge is 0.461 e. The van der Waals surface area contributed by atoms with Crippen molar-refractivity contribution in [2.24, 2.45) is 0 Å². The minimum absolute atomic E-state index is 0.0892. The maximum absolute atomic E-state index is 14.9. The second-order valence-corrected chi connectivity index (χ2v) is 9.98. The number of pyridine rings is 1. The monoisotopic (exact) mass is 465 g/mol. The molecule has 4 aliphatic rings. The van der Waals surface area contributed by atoms with Crippen LogP contribution in [0.4, 0.5) is 14.6 Å². The van der Waals surface area contributed by atoms with E-state index in [-0.39, 0.29) is 34.4 Å². The van der Waals surface area contributed by atoms with Gasteiger partial charge in [0.25, 0.3) is 0 Å². The highest BCUT2D eigenvalue weighted by atomic mass is 35.5. The van der Waals surface area contributed by atoms with Crippen LogP contribution in [-0.4, -0.2) is 76.6 Å². The second-order valence-electron chi connectivity index (χ2n) is 9.63. The molecule has 4 saturated heterocycles. The number of hydrogen-bond donors (Lipinski definition) is 0. The van der Waals surface area contributed by atoms with Gasteiger partial charge in [-0.25, -0.2) is 13.8 Å². The molecule has 0 unspecified atom stereocenters. The third-order valence-corrected chi connectivity index (χ3v) is 7.90. The Kier molecular flexibility index (Phi) is 4.93. The van der Waals surface area contributed by atoms with Gasteiger partial charge in [0.05, 0.1) is 23.1 Å². The van der Waals surface area contributed by atoms with Gasteiger partial charge in [-0.2, -0.15) is 9.97 Å². The number of rotatable bonds is 4. The zero-order valence-electron chi connectivity index (χ0n) is 17.8. The summed E-state index contributed by atoms with van der Waals surface area (Å²) in [5.41, 5.74) is -0.394. The maximum Gasteiger partial charge on any atom is 0.319 e. The predicted molar refractivity (Wildman–Crippen MR) is 116 cm³/mol. The van der Waals surface area contributed by atoms with Crippen molar-refractivity contribution in [2.75, 3.05) is 44.3 Å². The standard InChI is InChI=1S/C22H26ClF2N5O2/c23-18-16(25)17-15(10-26-18)19(29-6-2-4-22(12-29)5-8-32-22)28-20(27-17)31-13-21-3-1-7-30(21)11-14(24)9-21/h10,14H,1-9,11-13H2/t14-,21+,22+/m1/s1. The van der Waals surface area contributed by atoms with Gasteiger partial charge in [-0.05, 0) is 32.2 Å². The smallest absolute Gasteiger partial charge is 0.319 e. The summed E-state index contributed by atoms with van der Waals surface area (Å²) in [6, 6.07) is 0.0892. The molecule has 0 aromatic carbocycles. The van der Waals surface area contributed by atoms with Crippen LogP contribution < -0.4 is 9.64 Å². The molecule has 7 nitrogen and oxygen atoms in total. The van der Waals surface area contributed by atoms with Crippen molar-refractivity contribution in [1.82, 2.24) is 19.9 Å². The quantitative estimate of drug-likeness (QED) is 0.640. The molecule has 0 N–H and O–H groups in total. The second kappa shape index (κ2) is 7.60. The fourth-order valence-corrected chi connectivity index (χ4v) is 6.08. The number of ether oxygens (including phenoxy) is 2. The minimum atomic E-state index is -0.846. The Morgan fingerprint density at radius 2 is 2.06 bits per heavy atom. The summed E-state index contributed by atoms with van der Waals surface area (Å²) in [5, 5.41) is 0.267. The number of nitrogens with zero attached hydrogens (tertiary/aromatic N) is 5. The average Bonchev–Trinajstić information content (AvgIpc) is 3.29. The molecule has 4 aliphatic heterocycles.